The van der Waals surface area contributed by atoms with E-state index in [0.717, 1.165) is 30.8 Å². The molecule has 2 N–H and O–H groups in total. The van der Waals surface area contributed by atoms with E-state index in [1.165, 1.54) is 12.8 Å². The maximum atomic E-state index is 12.4. The van der Waals surface area contributed by atoms with E-state index in [1.54, 1.807) is 0 Å². The molecule has 4 heteroatoms. The smallest absolute Gasteiger partial charge is 0.251 e. The average Bonchev–Trinajstić information content (AvgIpc) is 2.46. The number of aromatic nitrogens is 1. The Morgan fingerprint density at radius 3 is 2.85 bits per heavy atom. The summed E-state index contributed by atoms with van der Waals surface area (Å²) in [5.74, 6) is 1.50. The van der Waals surface area contributed by atoms with Crippen molar-refractivity contribution in [3.63, 3.8) is 0 Å². The van der Waals surface area contributed by atoms with Crippen LogP contribution in [0.25, 0.3) is 0 Å². The Morgan fingerprint density at radius 2 is 2.20 bits per heavy atom. The molecule has 1 amide bonds. The van der Waals surface area contributed by atoms with Crippen molar-refractivity contribution in [2.45, 2.75) is 52.0 Å². The third kappa shape index (κ3) is 3.71. The number of nitrogens with one attached hydrogen (secondary N) is 2. The van der Waals surface area contributed by atoms with Crippen LogP contribution in [0, 0.1) is 5.92 Å². The Balaban J connectivity index is 2.08. The second kappa shape index (κ2) is 6.73. The molecular weight excluding hydrogens is 250 g/mol. The summed E-state index contributed by atoms with van der Waals surface area (Å²) in [5.41, 5.74) is 1.65. The largest absolute Gasteiger partial charge is 0.373 e. The van der Waals surface area contributed by atoms with Crippen LogP contribution in [0.5, 0.6) is 0 Å². The molecule has 1 saturated carbocycles. The zero-order valence-electron chi connectivity index (χ0n) is 12.7. The molecule has 0 aliphatic heterocycles. The lowest BCUT2D eigenvalue weighted by Crippen LogP contribution is -2.38. The second-order valence-electron chi connectivity index (χ2n) is 5.78. The first kappa shape index (κ1) is 14.8. The molecule has 1 heterocycles. The van der Waals surface area contributed by atoms with Gasteiger partial charge in [0.05, 0.1) is 0 Å². The van der Waals surface area contributed by atoms with Crippen LogP contribution < -0.4 is 10.6 Å². The first-order valence-electron chi connectivity index (χ1n) is 7.62. The fourth-order valence-electron chi connectivity index (χ4n) is 2.86. The number of hydrogen-bond acceptors (Lipinski definition) is 3. The number of anilines is 1. The monoisotopic (exact) mass is 275 g/mol. The van der Waals surface area contributed by atoms with Gasteiger partial charge in [0, 0.05) is 24.3 Å². The van der Waals surface area contributed by atoms with Gasteiger partial charge in [-0.3, -0.25) is 4.79 Å². The van der Waals surface area contributed by atoms with Gasteiger partial charge in [-0.25, -0.2) is 4.98 Å². The van der Waals surface area contributed by atoms with Crippen LogP contribution in [0.15, 0.2) is 12.1 Å². The highest BCUT2D eigenvalue weighted by Gasteiger charge is 2.21. The number of nitrogens with zero attached hydrogens (tertiary/aromatic N) is 1. The molecule has 4 nitrogen and oxygen atoms in total. The standard InChI is InChI=1S/C16H25N3O/c1-4-13-9-12(10-15(17-3)18-13)16(20)19-14-7-5-6-11(2)8-14/h9-11,14H,4-8H2,1-3H3,(H,17,18)(H,19,20). The van der Waals surface area contributed by atoms with Crippen molar-refractivity contribution in [2.24, 2.45) is 5.92 Å². The molecule has 2 rings (SSSR count). The molecule has 0 saturated heterocycles. The van der Waals surface area contributed by atoms with Gasteiger partial charge in [0.15, 0.2) is 0 Å². The van der Waals surface area contributed by atoms with Crippen molar-refractivity contribution in [1.29, 1.82) is 0 Å². The van der Waals surface area contributed by atoms with Crippen LogP contribution >= 0.6 is 0 Å². The normalized spacial score (nSPS) is 22.4. The van der Waals surface area contributed by atoms with Crippen LogP contribution in [0.4, 0.5) is 5.82 Å². The van der Waals surface area contributed by atoms with Crippen molar-refractivity contribution in [3.8, 4) is 0 Å². The van der Waals surface area contributed by atoms with Crippen LogP contribution in [0.2, 0.25) is 0 Å². The van der Waals surface area contributed by atoms with Crippen LogP contribution in [-0.4, -0.2) is 24.0 Å². The van der Waals surface area contributed by atoms with Gasteiger partial charge in [-0.15, -0.1) is 0 Å². The molecule has 0 radical (unpaired) electrons. The molecule has 0 bridgehead atoms. The summed E-state index contributed by atoms with van der Waals surface area (Å²) in [5, 5.41) is 6.19. The molecule has 1 aliphatic rings. The van der Waals surface area contributed by atoms with Crippen molar-refractivity contribution < 1.29 is 4.79 Å². The fourth-order valence-corrected chi connectivity index (χ4v) is 2.86. The van der Waals surface area contributed by atoms with Gasteiger partial charge in [0.25, 0.3) is 5.91 Å². The summed E-state index contributed by atoms with van der Waals surface area (Å²) < 4.78 is 0. The highest BCUT2D eigenvalue weighted by atomic mass is 16.1. The van der Waals surface area contributed by atoms with E-state index in [4.69, 9.17) is 0 Å². The van der Waals surface area contributed by atoms with E-state index in [-0.39, 0.29) is 5.91 Å². The molecule has 1 aliphatic carbocycles. The molecule has 1 aromatic rings. The van der Waals surface area contributed by atoms with E-state index in [9.17, 15) is 4.79 Å². The van der Waals surface area contributed by atoms with Gasteiger partial charge in [-0.05, 0) is 37.3 Å². The van der Waals surface area contributed by atoms with Gasteiger partial charge in [0.2, 0.25) is 0 Å². The summed E-state index contributed by atoms with van der Waals surface area (Å²) in [6.45, 7) is 4.31. The Morgan fingerprint density at radius 1 is 1.40 bits per heavy atom. The summed E-state index contributed by atoms with van der Waals surface area (Å²) >= 11 is 0. The average molecular weight is 275 g/mol. The van der Waals surface area contributed by atoms with Gasteiger partial charge < -0.3 is 10.6 Å². The molecule has 1 fully saturated rings. The second-order valence-corrected chi connectivity index (χ2v) is 5.78. The minimum absolute atomic E-state index is 0.0256. The predicted octanol–water partition coefficient (Wildman–Crippen LogP) is 2.99. The first-order chi connectivity index (χ1) is 9.62. The van der Waals surface area contributed by atoms with Crippen molar-refractivity contribution >= 4 is 11.7 Å². The zero-order chi connectivity index (χ0) is 14.5. The van der Waals surface area contributed by atoms with Crippen molar-refractivity contribution in [3.05, 3.63) is 23.4 Å². The molecule has 1 aromatic heterocycles. The van der Waals surface area contributed by atoms with Gasteiger partial charge in [0.1, 0.15) is 5.82 Å². The maximum absolute atomic E-state index is 12.4. The maximum Gasteiger partial charge on any atom is 0.251 e. The van der Waals surface area contributed by atoms with E-state index in [1.807, 2.05) is 26.1 Å². The lowest BCUT2D eigenvalue weighted by molar-refractivity contribution is 0.0921. The number of carbonyl (C=O) groups excluding carboxylic acids is 1. The predicted molar refractivity (Wildman–Crippen MR) is 82.0 cm³/mol. The van der Waals surface area contributed by atoms with Crippen LogP contribution in [0.3, 0.4) is 0 Å². The summed E-state index contributed by atoms with van der Waals surface area (Å²) in [6.07, 6.45) is 5.52. The molecule has 20 heavy (non-hydrogen) atoms. The summed E-state index contributed by atoms with van der Waals surface area (Å²) in [4.78, 5) is 16.8. The molecule has 2 unspecified atom stereocenters. The zero-order valence-corrected chi connectivity index (χ0v) is 12.7. The highest BCUT2D eigenvalue weighted by molar-refractivity contribution is 5.95. The quantitative estimate of drug-likeness (QED) is 0.888. The summed E-state index contributed by atoms with van der Waals surface area (Å²) in [6, 6.07) is 4.03. The Labute approximate surface area is 121 Å². The number of hydrogen-bond donors (Lipinski definition) is 2. The molecule has 0 aromatic carbocycles. The van der Waals surface area contributed by atoms with E-state index in [2.05, 4.69) is 22.5 Å². The van der Waals surface area contributed by atoms with Crippen molar-refractivity contribution in [1.82, 2.24) is 10.3 Å². The number of carbonyl (C=O) groups is 1. The number of rotatable bonds is 4. The van der Waals surface area contributed by atoms with E-state index in [0.29, 0.717) is 17.5 Å². The molecule has 0 spiro atoms. The highest BCUT2D eigenvalue weighted by Crippen LogP contribution is 2.24. The third-order valence-corrected chi connectivity index (χ3v) is 4.03. The number of pyridine rings is 1. The van der Waals surface area contributed by atoms with Gasteiger partial charge in [-0.1, -0.05) is 26.7 Å². The van der Waals surface area contributed by atoms with Crippen molar-refractivity contribution in [2.75, 3.05) is 12.4 Å². The van der Waals surface area contributed by atoms with Crippen LogP contribution in [0.1, 0.15) is 55.6 Å². The van der Waals surface area contributed by atoms with Gasteiger partial charge >= 0.3 is 0 Å². The fraction of sp³-hybridized carbons (Fsp3) is 0.625. The third-order valence-electron chi connectivity index (χ3n) is 4.03. The lowest BCUT2D eigenvalue weighted by atomic mass is 9.87. The Hall–Kier alpha value is -1.58. The van der Waals surface area contributed by atoms with E-state index < -0.39 is 0 Å². The Bertz CT molecular complexity index is 451. The molecular formula is C16H25N3O. The lowest BCUT2D eigenvalue weighted by Gasteiger charge is -2.27. The summed E-state index contributed by atoms with van der Waals surface area (Å²) in [7, 11) is 1.83. The minimum atomic E-state index is 0.0256. The Kier molecular flexibility index (Phi) is 4.99. The number of amides is 1. The topological polar surface area (TPSA) is 54.0 Å². The first-order valence-corrected chi connectivity index (χ1v) is 7.62. The SMILES string of the molecule is CCc1cc(C(=O)NC2CCCC(C)C2)cc(NC)n1. The molecule has 110 valence electrons. The van der Waals surface area contributed by atoms with E-state index >= 15 is 0 Å². The van der Waals surface area contributed by atoms with Gasteiger partial charge in [-0.2, -0.15) is 0 Å². The number of aryl methyl sites for hydroxylation is 1. The molecule has 2 atom stereocenters. The van der Waals surface area contributed by atoms with Crippen LogP contribution in [-0.2, 0) is 6.42 Å². The minimum Gasteiger partial charge on any atom is -0.373 e.